The number of H-pyrrole nitrogens is 1. The van der Waals surface area contributed by atoms with Crippen LogP contribution >= 0.6 is 11.6 Å². The molecule has 0 unspecified atom stereocenters. The smallest absolute Gasteiger partial charge is 0.138 e. The molecule has 0 spiro atoms. The van der Waals surface area contributed by atoms with Crippen LogP contribution in [-0.2, 0) is 0 Å². The molecular weight excluding hydrogens is 251 g/mol. The third-order valence-electron chi connectivity index (χ3n) is 2.88. The van der Waals surface area contributed by atoms with Gasteiger partial charge in [0.05, 0.1) is 11.0 Å². The van der Waals surface area contributed by atoms with Gasteiger partial charge in [0.15, 0.2) is 0 Å². The monoisotopic (exact) mass is 260 g/mol. The third-order valence-corrected chi connectivity index (χ3v) is 3.11. The van der Waals surface area contributed by atoms with Crippen molar-refractivity contribution < 1.29 is 4.39 Å². The highest BCUT2D eigenvalue weighted by Gasteiger charge is 2.07. The van der Waals surface area contributed by atoms with Crippen molar-refractivity contribution in [3.05, 3.63) is 52.8 Å². The largest absolute Gasteiger partial charge is 0.338 e. The van der Waals surface area contributed by atoms with Crippen molar-refractivity contribution in [2.75, 3.05) is 0 Å². The fourth-order valence-corrected chi connectivity index (χ4v) is 2.08. The summed E-state index contributed by atoms with van der Waals surface area (Å²) in [5.74, 6) is 0.508. The van der Waals surface area contributed by atoms with E-state index < -0.39 is 0 Å². The van der Waals surface area contributed by atoms with E-state index in [1.165, 1.54) is 6.07 Å². The van der Waals surface area contributed by atoms with E-state index in [9.17, 15) is 4.39 Å². The van der Waals surface area contributed by atoms with Gasteiger partial charge in [0.2, 0.25) is 0 Å². The number of aromatic nitrogens is 2. The molecule has 0 saturated carbocycles. The number of fused-ring (bicyclic) bond motifs is 1. The van der Waals surface area contributed by atoms with Crippen LogP contribution in [0.3, 0.4) is 0 Å². The maximum atomic E-state index is 13.2. The zero-order valence-electron chi connectivity index (χ0n) is 9.67. The Hall–Kier alpha value is -1.87. The van der Waals surface area contributed by atoms with Gasteiger partial charge in [-0.2, -0.15) is 0 Å². The summed E-state index contributed by atoms with van der Waals surface area (Å²) in [6.07, 6.45) is 0. The average Bonchev–Trinajstić information content (AvgIpc) is 2.75. The highest BCUT2D eigenvalue weighted by Crippen LogP contribution is 2.24. The number of aromatic amines is 1. The van der Waals surface area contributed by atoms with Gasteiger partial charge in [-0.05, 0) is 48.9 Å². The molecule has 0 fully saturated rings. The van der Waals surface area contributed by atoms with Crippen molar-refractivity contribution in [3.8, 4) is 11.4 Å². The van der Waals surface area contributed by atoms with Crippen LogP contribution in [0.4, 0.5) is 4.39 Å². The van der Waals surface area contributed by atoms with E-state index in [1.54, 1.807) is 25.1 Å². The summed E-state index contributed by atoms with van der Waals surface area (Å²) in [7, 11) is 0. The number of benzene rings is 2. The molecule has 3 rings (SSSR count). The SMILES string of the molecule is Cc1cc(-c2nc3ccc(Cl)cc3[nH]2)ccc1F. The number of nitrogens with one attached hydrogen (secondary N) is 1. The zero-order chi connectivity index (χ0) is 12.7. The third kappa shape index (κ3) is 1.87. The second-order valence-electron chi connectivity index (χ2n) is 4.21. The van der Waals surface area contributed by atoms with Crippen LogP contribution in [0.2, 0.25) is 5.02 Å². The lowest BCUT2D eigenvalue weighted by molar-refractivity contribution is 0.618. The molecule has 0 bridgehead atoms. The van der Waals surface area contributed by atoms with Crippen molar-refractivity contribution in [1.29, 1.82) is 0 Å². The molecule has 0 aliphatic carbocycles. The van der Waals surface area contributed by atoms with Crippen molar-refractivity contribution >= 4 is 22.6 Å². The van der Waals surface area contributed by atoms with Crippen molar-refractivity contribution in [2.45, 2.75) is 6.92 Å². The Bertz CT molecular complexity index is 734. The summed E-state index contributed by atoms with van der Waals surface area (Å²) in [5, 5.41) is 0.660. The molecule has 1 N–H and O–H groups in total. The lowest BCUT2D eigenvalue weighted by Gasteiger charge is -1.99. The summed E-state index contributed by atoms with van der Waals surface area (Å²) in [4.78, 5) is 7.64. The van der Waals surface area contributed by atoms with Crippen molar-refractivity contribution in [1.82, 2.24) is 9.97 Å². The minimum atomic E-state index is -0.210. The van der Waals surface area contributed by atoms with Crippen LogP contribution in [0, 0.1) is 12.7 Å². The molecule has 3 aromatic rings. The summed E-state index contributed by atoms with van der Waals surface area (Å²) >= 11 is 5.92. The van der Waals surface area contributed by atoms with Gasteiger partial charge in [0.25, 0.3) is 0 Å². The number of hydrogen-bond donors (Lipinski definition) is 1. The van der Waals surface area contributed by atoms with E-state index >= 15 is 0 Å². The van der Waals surface area contributed by atoms with Crippen LogP contribution in [-0.4, -0.2) is 9.97 Å². The maximum absolute atomic E-state index is 13.2. The molecular formula is C14H10ClFN2. The molecule has 1 aromatic heterocycles. The van der Waals surface area contributed by atoms with Crippen LogP contribution in [0.5, 0.6) is 0 Å². The normalized spacial score (nSPS) is 11.1. The molecule has 2 aromatic carbocycles. The first-order valence-electron chi connectivity index (χ1n) is 5.55. The summed E-state index contributed by atoms with van der Waals surface area (Å²) < 4.78 is 13.2. The number of rotatable bonds is 1. The van der Waals surface area contributed by atoms with E-state index in [4.69, 9.17) is 11.6 Å². The minimum absolute atomic E-state index is 0.210. The molecule has 0 atom stereocenters. The average molecular weight is 261 g/mol. The van der Waals surface area contributed by atoms with Gasteiger partial charge in [-0.3, -0.25) is 0 Å². The molecule has 0 amide bonds. The standard InChI is InChI=1S/C14H10ClFN2/c1-8-6-9(2-4-11(8)16)14-17-12-5-3-10(15)7-13(12)18-14/h2-7H,1H3,(H,17,18). The maximum Gasteiger partial charge on any atom is 0.138 e. The molecule has 18 heavy (non-hydrogen) atoms. The van der Waals surface area contributed by atoms with Crippen molar-refractivity contribution in [3.63, 3.8) is 0 Å². The Kier molecular flexibility index (Phi) is 2.56. The topological polar surface area (TPSA) is 28.7 Å². The quantitative estimate of drug-likeness (QED) is 0.693. The molecule has 0 aliphatic heterocycles. The molecule has 90 valence electrons. The summed E-state index contributed by atoms with van der Waals surface area (Å²) in [6.45, 7) is 1.73. The number of hydrogen-bond acceptors (Lipinski definition) is 1. The highest BCUT2D eigenvalue weighted by atomic mass is 35.5. The molecule has 1 heterocycles. The van der Waals surface area contributed by atoms with E-state index in [-0.39, 0.29) is 5.82 Å². The van der Waals surface area contributed by atoms with Crippen LogP contribution < -0.4 is 0 Å². The Morgan fingerprint density at radius 3 is 2.78 bits per heavy atom. The van der Waals surface area contributed by atoms with E-state index in [2.05, 4.69) is 9.97 Å². The minimum Gasteiger partial charge on any atom is -0.338 e. The molecule has 0 aliphatic rings. The Labute approximate surface area is 108 Å². The van der Waals surface area contributed by atoms with Gasteiger partial charge in [-0.25, -0.2) is 9.37 Å². The first-order chi connectivity index (χ1) is 8.63. The second-order valence-corrected chi connectivity index (χ2v) is 4.65. The first-order valence-corrected chi connectivity index (χ1v) is 5.93. The lowest BCUT2D eigenvalue weighted by atomic mass is 10.1. The van der Waals surface area contributed by atoms with Gasteiger partial charge in [-0.1, -0.05) is 11.6 Å². The van der Waals surface area contributed by atoms with Gasteiger partial charge < -0.3 is 4.98 Å². The summed E-state index contributed by atoms with van der Waals surface area (Å²) in [6, 6.07) is 10.4. The van der Waals surface area contributed by atoms with E-state index in [0.29, 0.717) is 10.6 Å². The zero-order valence-corrected chi connectivity index (χ0v) is 10.4. The van der Waals surface area contributed by atoms with Crippen LogP contribution in [0.1, 0.15) is 5.56 Å². The van der Waals surface area contributed by atoms with Gasteiger partial charge in [-0.15, -0.1) is 0 Å². The molecule has 4 heteroatoms. The van der Waals surface area contributed by atoms with Crippen LogP contribution in [0.15, 0.2) is 36.4 Å². The Morgan fingerprint density at radius 1 is 1.17 bits per heavy atom. The van der Waals surface area contributed by atoms with Crippen molar-refractivity contribution in [2.24, 2.45) is 0 Å². The number of imidazole rings is 1. The highest BCUT2D eigenvalue weighted by molar-refractivity contribution is 6.31. The predicted octanol–water partition coefficient (Wildman–Crippen LogP) is 4.33. The predicted molar refractivity (Wildman–Crippen MR) is 71.2 cm³/mol. The van der Waals surface area contributed by atoms with Gasteiger partial charge >= 0.3 is 0 Å². The lowest BCUT2D eigenvalue weighted by Crippen LogP contribution is -1.85. The Morgan fingerprint density at radius 2 is 2.00 bits per heavy atom. The van der Waals surface area contributed by atoms with Gasteiger partial charge in [0.1, 0.15) is 11.6 Å². The number of nitrogens with zero attached hydrogens (tertiary/aromatic N) is 1. The fourth-order valence-electron chi connectivity index (χ4n) is 1.91. The molecule has 0 radical (unpaired) electrons. The van der Waals surface area contributed by atoms with Gasteiger partial charge in [0, 0.05) is 10.6 Å². The van der Waals surface area contributed by atoms with Crippen LogP contribution in [0.25, 0.3) is 22.4 Å². The van der Waals surface area contributed by atoms with E-state index in [0.717, 1.165) is 22.4 Å². The van der Waals surface area contributed by atoms with E-state index in [1.807, 2.05) is 12.1 Å². The summed E-state index contributed by atoms with van der Waals surface area (Å²) in [5.41, 5.74) is 3.18. The molecule has 2 nitrogen and oxygen atoms in total. The fraction of sp³-hybridized carbons (Fsp3) is 0.0714. The first kappa shape index (κ1) is 11.2. The Balaban J connectivity index is 2.16. The molecule has 0 saturated heterocycles. The number of aryl methyl sites for hydroxylation is 1. The second kappa shape index (κ2) is 4.10. The number of halogens is 2.